The summed E-state index contributed by atoms with van der Waals surface area (Å²) in [5.74, 6) is -0.317. The molecule has 0 saturated heterocycles. The van der Waals surface area contributed by atoms with Crippen LogP contribution in [0.4, 0.5) is 0 Å². The van der Waals surface area contributed by atoms with Gasteiger partial charge in [-0.2, -0.15) is 5.26 Å². The van der Waals surface area contributed by atoms with Gasteiger partial charge in [-0.15, -0.1) is 11.3 Å². The minimum atomic E-state index is -1.32. The van der Waals surface area contributed by atoms with Gasteiger partial charge in [-0.3, -0.25) is 0 Å². The Labute approximate surface area is 147 Å². The molecule has 0 fully saturated rings. The van der Waals surface area contributed by atoms with Crippen LogP contribution < -0.4 is 0 Å². The number of nitriles is 1. The molecule has 0 spiro atoms. The maximum absolute atomic E-state index is 11.9. The normalized spacial score (nSPS) is 12.3. The van der Waals surface area contributed by atoms with E-state index in [1.807, 2.05) is 32.0 Å². The molecule has 1 atom stereocenters. The second-order valence-electron chi connectivity index (χ2n) is 4.78. The number of hydrogen-bond acceptors (Lipinski definition) is 6. The molecule has 1 aromatic carbocycles. The van der Waals surface area contributed by atoms with E-state index in [2.05, 4.69) is 6.07 Å². The summed E-state index contributed by atoms with van der Waals surface area (Å²) in [7, 11) is -1.32. The van der Waals surface area contributed by atoms with Gasteiger partial charge in [0.1, 0.15) is 10.5 Å². The van der Waals surface area contributed by atoms with Crippen LogP contribution in [0.1, 0.15) is 41.7 Å². The van der Waals surface area contributed by atoms with Gasteiger partial charge in [-0.25, -0.2) is 4.79 Å². The molecule has 128 valence electrons. The highest BCUT2D eigenvalue weighted by molar-refractivity contribution is 7.48. The third-order valence-corrected chi connectivity index (χ3v) is 6.14. The first-order valence-electron chi connectivity index (χ1n) is 7.79. The first kappa shape index (κ1) is 18.8. The Balaban J connectivity index is 2.34. The quantitative estimate of drug-likeness (QED) is 0.485. The highest BCUT2D eigenvalue weighted by Gasteiger charge is 2.26. The zero-order valence-electron chi connectivity index (χ0n) is 13.9. The SMILES string of the molecule is CCOC(=O)c1cc2cc(C(C#N)P(OCC)OCC)ccc2s1. The van der Waals surface area contributed by atoms with E-state index in [9.17, 15) is 10.1 Å². The number of hydrogen-bond donors (Lipinski definition) is 0. The predicted octanol–water partition coefficient (Wildman–Crippen LogP) is 5.03. The van der Waals surface area contributed by atoms with Gasteiger partial charge in [0.05, 0.1) is 25.9 Å². The van der Waals surface area contributed by atoms with Crippen LogP contribution in [-0.2, 0) is 13.8 Å². The number of nitrogens with zero attached hydrogens (tertiary/aromatic N) is 1. The Morgan fingerprint density at radius 2 is 1.92 bits per heavy atom. The van der Waals surface area contributed by atoms with E-state index in [1.54, 1.807) is 13.0 Å². The molecule has 1 unspecified atom stereocenters. The molecular formula is C17H20NO4PS. The summed E-state index contributed by atoms with van der Waals surface area (Å²) in [6.07, 6.45) is 0. The van der Waals surface area contributed by atoms with Gasteiger partial charge >= 0.3 is 5.97 Å². The zero-order chi connectivity index (χ0) is 17.5. The Morgan fingerprint density at radius 1 is 1.21 bits per heavy atom. The number of rotatable bonds is 8. The van der Waals surface area contributed by atoms with Gasteiger partial charge in [-0.05, 0) is 49.9 Å². The van der Waals surface area contributed by atoms with E-state index in [-0.39, 0.29) is 5.97 Å². The molecule has 0 aliphatic rings. The van der Waals surface area contributed by atoms with E-state index in [4.69, 9.17) is 13.8 Å². The van der Waals surface area contributed by atoms with Crippen molar-refractivity contribution in [3.8, 4) is 6.07 Å². The van der Waals surface area contributed by atoms with E-state index in [0.717, 1.165) is 15.6 Å². The standard InChI is InChI=1S/C17H20NO4PS/c1-4-20-17(19)16-10-13-9-12(7-8-15(13)24-16)14(11-18)23(21-5-2)22-6-3/h7-10,14H,4-6H2,1-3H3. The van der Waals surface area contributed by atoms with Crippen LogP contribution >= 0.6 is 19.7 Å². The molecule has 7 heteroatoms. The fourth-order valence-electron chi connectivity index (χ4n) is 2.22. The number of esters is 1. The van der Waals surface area contributed by atoms with Crippen molar-refractivity contribution in [1.82, 2.24) is 0 Å². The average Bonchev–Trinajstić information content (AvgIpc) is 3.00. The first-order chi connectivity index (χ1) is 11.6. The molecule has 24 heavy (non-hydrogen) atoms. The predicted molar refractivity (Wildman–Crippen MR) is 96.3 cm³/mol. The van der Waals surface area contributed by atoms with Crippen LogP contribution in [0, 0.1) is 11.3 Å². The average molecular weight is 365 g/mol. The molecule has 0 bridgehead atoms. The Hall–Kier alpha value is -1.51. The van der Waals surface area contributed by atoms with Gasteiger partial charge in [0, 0.05) is 4.70 Å². The Morgan fingerprint density at radius 3 is 2.50 bits per heavy atom. The minimum absolute atomic E-state index is 0.317. The van der Waals surface area contributed by atoms with Crippen molar-refractivity contribution >= 4 is 35.8 Å². The number of benzene rings is 1. The van der Waals surface area contributed by atoms with Crippen molar-refractivity contribution in [3.63, 3.8) is 0 Å². The molecule has 0 N–H and O–H groups in total. The summed E-state index contributed by atoms with van der Waals surface area (Å²) in [5, 5.41) is 10.5. The molecule has 1 heterocycles. The van der Waals surface area contributed by atoms with Crippen LogP contribution in [-0.4, -0.2) is 25.8 Å². The number of thiophene rings is 1. The summed E-state index contributed by atoms with van der Waals surface area (Å²) in [5.41, 5.74) is 0.376. The van der Waals surface area contributed by atoms with Crippen LogP contribution in [0.15, 0.2) is 24.3 Å². The third-order valence-electron chi connectivity index (χ3n) is 3.18. The maximum atomic E-state index is 11.9. The van der Waals surface area contributed by atoms with Crippen molar-refractivity contribution in [2.24, 2.45) is 0 Å². The summed E-state index contributed by atoms with van der Waals surface area (Å²) >= 11 is 1.39. The Kier molecular flexibility index (Phi) is 7.14. The lowest BCUT2D eigenvalue weighted by Crippen LogP contribution is -2.01. The molecule has 0 radical (unpaired) electrons. The van der Waals surface area contributed by atoms with E-state index >= 15 is 0 Å². The molecular weight excluding hydrogens is 345 g/mol. The van der Waals surface area contributed by atoms with Gasteiger partial charge < -0.3 is 13.8 Å². The van der Waals surface area contributed by atoms with Crippen LogP contribution in [0.3, 0.4) is 0 Å². The summed E-state index contributed by atoms with van der Waals surface area (Å²) < 4.78 is 17.3. The molecule has 2 rings (SSSR count). The first-order valence-corrected chi connectivity index (χ1v) is 9.86. The number of carbonyl (C=O) groups is 1. The van der Waals surface area contributed by atoms with E-state index in [0.29, 0.717) is 24.7 Å². The minimum Gasteiger partial charge on any atom is -0.462 e. The molecule has 1 aromatic heterocycles. The van der Waals surface area contributed by atoms with Gasteiger partial charge in [0.2, 0.25) is 0 Å². The van der Waals surface area contributed by atoms with Crippen molar-refractivity contribution in [2.75, 3.05) is 19.8 Å². The van der Waals surface area contributed by atoms with Crippen LogP contribution in [0.2, 0.25) is 0 Å². The third kappa shape index (κ3) is 4.31. The maximum Gasteiger partial charge on any atom is 0.348 e. The second kappa shape index (κ2) is 9.10. The summed E-state index contributed by atoms with van der Waals surface area (Å²) in [4.78, 5) is 12.4. The summed E-state index contributed by atoms with van der Waals surface area (Å²) in [6.45, 7) is 6.90. The van der Waals surface area contributed by atoms with Gasteiger partial charge in [0.25, 0.3) is 0 Å². The lowest BCUT2D eigenvalue weighted by molar-refractivity contribution is 0.0532. The number of ether oxygens (including phenoxy) is 1. The van der Waals surface area contributed by atoms with E-state index < -0.39 is 14.0 Å². The van der Waals surface area contributed by atoms with Gasteiger partial charge in [0.15, 0.2) is 8.38 Å². The fourth-order valence-corrected chi connectivity index (χ4v) is 4.54. The fraction of sp³-hybridized carbons (Fsp3) is 0.412. The van der Waals surface area contributed by atoms with Crippen LogP contribution in [0.5, 0.6) is 0 Å². The molecule has 0 aliphatic carbocycles. The topological polar surface area (TPSA) is 68.6 Å². The van der Waals surface area contributed by atoms with Gasteiger partial charge in [-0.1, -0.05) is 6.07 Å². The molecule has 0 aliphatic heterocycles. The highest BCUT2D eigenvalue weighted by Crippen LogP contribution is 2.53. The molecule has 2 aromatic rings. The second-order valence-corrected chi connectivity index (χ2v) is 7.47. The van der Waals surface area contributed by atoms with Crippen molar-refractivity contribution in [1.29, 1.82) is 5.26 Å². The Bertz CT molecular complexity index is 734. The largest absolute Gasteiger partial charge is 0.462 e. The van der Waals surface area contributed by atoms with E-state index in [1.165, 1.54) is 11.3 Å². The number of fused-ring (bicyclic) bond motifs is 1. The monoisotopic (exact) mass is 365 g/mol. The smallest absolute Gasteiger partial charge is 0.348 e. The highest BCUT2D eigenvalue weighted by atomic mass is 32.1. The number of carbonyl (C=O) groups excluding carboxylic acids is 1. The van der Waals surface area contributed by atoms with Crippen molar-refractivity contribution in [2.45, 2.75) is 26.4 Å². The van der Waals surface area contributed by atoms with Crippen molar-refractivity contribution < 1.29 is 18.6 Å². The lowest BCUT2D eigenvalue weighted by Gasteiger charge is -2.20. The van der Waals surface area contributed by atoms with Crippen molar-refractivity contribution in [3.05, 3.63) is 34.7 Å². The zero-order valence-corrected chi connectivity index (χ0v) is 15.7. The lowest BCUT2D eigenvalue weighted by atomic mass is 10.1. The van der Waals surface area contributed by atoms with Crippen LogP contribution in [0.25, 0.3) is 10.1 Å². The molecule has 0 saturated carbocycles. The molecule has 5 nitrogen and oxygen atoms in total. The molecule has 0 amide bonds. The summed E-state index contributed by atoms with van der Waals surface area (Å²) in [6, 6.07) is 9.85.